The maximum Gasteiger partial charge on any atom is 0.205 e. The summed E-state index contributed by atoms with van der Waals surface area (Å²) in [7, 11) is 1.70. The van der Waals surface area contributed by atoms with Crippen LogP contribution in [0.5, 0.6) is 0 Å². The Hall–Kier alpha value is -0.680. The van der Waals surface area contributed by atoms with Crippen molar-refractivity contribution in [3.63, 3.8) is 0 Å². The van der Waals surface area contributed by atoms with Crippen LogP contribution in [0, 0.1) is 0 Å². The third-order valence-corrected chi connectivity index (χ3v) is 3.32. The maximum atomic E-state index is 5.14. The summed E-state index contributed by atoms with van der Waals surface area (Å²) in [6, 6.07) is 0. The van der Waals surface area contributed by atoms with Crippen molar-refractivity contribution in [2.24, 2.45) is 0 Å². The second kappa shape index (κ2) is 4.90. The van der Waals surface area contributed by atoms with Crippen LogP contribution in [0.2, 0.25) is 0 Å². The number of nitrogens with one attached hydrogen (secondary N) is 1. The lowest BCUT2D eigenvalue weighted by atomic mass is 9.98. The number of ether oxygens (including phenoxy) is 1. The molecule has 5 heteroatoms. The molecule has 0 aliphatic carbocycles. The zero-order valence-electron chi connectivity index (χ0n) is 10.00. The molecule has 0 radical (unpaired) electrons. The van der Waals surface area contributed by atoms with Crippen molar-refractivity contribution < 1.29 is 4.74 Å². The molecule has 4 nitrogen and oxygen atoms in total. The van der Waals surface area contributed by atoms with E-state index in [1.54, 1.807) is 18.4 Å². The monoisotopic (exact) mass is 229 g/mol. The zero-order chi connectivity index (χ0) is 11.5. The molecule has 1 aromatic rings. The van der Waals surface area contributed by atoms with Crippen molar-refractivity contribution in [2.75, 3.05) is 19.0 Å². The Kier molecular flexibility index (Phi) is 4.04. The van der Waals surface area contributed by atoms with Crippen LogP contribution in [0.15, 0.2) is 0 Å². The summed E-state index contributed by atoms with van der Waals surface area (Å²) in [6.07, 6.45) is 0.187. The second-order valence-corrected chi connectivity index (χ2v) is 5.57. The summed E-state index contributed by atoms with van der Waals surface area (Å²) >= 11 is 1.60. The highest BCUT2D eigenvalue weighted by Gasteiger charge is 2.19. The first-order chi connectivity index (χ1) is 6.93. The van der Waals surface area contributed by atoms with E-state index < -0.39 is 0 Å². The Labute approximate surface area is 95.1 Å². The number of hydrogen-bond donors (Lipinski definition) is 1. The molecule has 0 bridgehead atoms. The quantitative estimate of drug-likeness (QED) is 0.860. The summed E-state index contributed by atoms with van der Waals surface area (Å²) in [6.45, 7) is 9.17. The molecule has 0 saturated heterocycles. The first-order valence-electron chi connectivity index (χ1n) is 5.04. The molecule has 15 heavy (non-hydrogen) atoms. The highest BCUT2D eigenvalue weighted by Crippen LogP contribution is 2.27. The van der Waals surface area contributed by atoms with Crippen LogP contribution in [0.4, 0.5) is 5.13 Å². The van der Waals surface area contributed by atoms with Gasteiger partial charge >= 0.3 is 0 Å². The predicted molar refractivity (Wildman–Crippen MR) is 63.6 cm³/mol. The standard InChI is InChI=1S/C10H19N3OS/c1-7(14-5)6-11-9-13-12-8(15-9)10(2,3)4/h7H,6H2,1-5H3,(H,11,13). The molecule has 0 amide bonds. The van der Waals surface area contributed by atoms with E-state index in [4.69, 9.17) is 4.74 Å². The van der Waals surface area contributed by atoms with Crippen LogP contribution in [-0.4, -0.2) is 30.0 Å². The van der Waals surface area contributed by atoms with Crippen LogP contribution in [0.1, 0.15) is 32.7 Å². The molecule has 1 atom stereocenters. The lowest BCUT2D eigenvalue weighted by Crippen LogP contribution is -2.17. The summed E-state index contributed by atoms with van der Waals surface area (Å²) in [4.78, 5) is 0. The zero-order valence-corrected chi connectivity index (χ0v) is 10.8. The van der Waals surface area contributed by atoms with Crippen molar-refractivity contribution >= 4 is 16.5 Å². The molecule has 0 saturated carbocycles. The minimum absolute atomic E-state index is 0.0739. The third kappa shape index (κ3) is 3.76. The summed E-state index contributed by atoms with van der Waals surface area (Å²) in [5.74, 6) is 0. The number of rotatable bonds is 4. The van der Waals surface area contributed by atoms with Crippen LogP contribution in [-0.2, 0) is 10.2 Å². The topological polar surface area (TPSA) is 47.0 Å². The number of aromatic nitrogens is 2. The molecular weight excluding hydrogens is 210 g/mol. The van der Waals surface area contributed by atoms with E-state index in [0.29, 0.717) is 0 Å². The van der Waals surface area contributed by atoms with Gasteiger partial charge in [0, 0.05) is 19.1 Å². The Morgan fingerprint density at radius 2 is 2.07 bits per heavy atom. The molecule has 0 aliphatic rings. The van der Waals surface area contributed by atoms with Gasteiger partial charge in [-0.3, -0.25) is 0 Å². The van der Waals surface area contributed by atoms with Crippen LogP contribution in [0.3, 0.4) is 0 Å². The van der Waals surface area contributed by atoms with E-state index in [2.05, 4.69) is 36.3 Å². The van der Waals surface area contributed by atoms with E-state index in [0.717, 1.165) is 16.7 Å². The van der Waals surface area contributed by atoms with Gasteiger partial charge in [0.05, 0.1) is 6.10 Å². The van der Waals surface area contributed by atoms with Crippen molar-refractivity contribution in [3.8, 4) is 0 Å². The highest BCUT2D eigenvalue weighted by atomic mass is 32.1. The second-order valence-electron chi connectivity index (χ2n) is 4.59. The van der Waals surface area contributed by atoms with E-state index in [9.17, 15) is 0 Å². The lowest BCUT2D eigenvalue weighted by molar-refractivity contribution is 0.129. The van der Waals surface area contributed by atoms with Gasteiger partial charge in [0.1, 0.15) is 5.01 Å². The summed E-state index contributed by atoms with van der Waals surface area (Å²) < 4.78 is 5.14. The predicted octanol–water partition coefficient (Wildman–Crippen LogP) is 2.28. The molecule has 1 N–H and O–H groups in total. The van der Waals surface area contributed by atoms with Crippen molar-refractivity contribution in [3.05, 3.63) is 5.01 Å². The lowest BCUT2D eigenvalue weighted by Gasteiger charge is -2.12. The van der Waals surface area contributed by atoms with Gasteiger partial charge in [0.15, 0.2) is 0 Å². The molecule has 0 aliphatic heterocycles. The number of hydrogen-bond acceptors (Lipinski definition) is 5. The smallest absolute Gasteiger partial charge is 0.205 e. The van der Waals surface area contributed by atoms with Crippen LogP contribution < -0.4 is 5.32 Å². The van der Waals surface area contributed by atoms with Crippen LogP contribution >= 0.6 is 11.3 Å². The minimum atomic E-state index is 0.0739. The number of methoxy groups -OCH3 is 1. The van der Waals surface area contributed by atoms with Gasteiger partial charge in [-0.1, -0.05) is 32.1 Å². The average Bonchev–Trinajstić information content (AvgIpc) is 2.61. The SMILES string of the molecule is COC(C)CNc1nnc(C(C)(C)C)s1. The number of nitrogens with zero attached hydrogens (tertiary/aromatic N) is 2. The van der Waals surface area contributed by atoms with Crippen molar-refractivity contribution in [2.45, 2.75) is 39.2 Å². The van der Waals surface area contributed by atoms with E-state index in [1.165, 1.54) is 0 Å². The Bertz CT molecular complexity index is 306. The molecule has 0 spiro atoms. The summed E-state index contributed by atoms with van der Waals surface area (Å²) in [5.41, 5.74) is 0.0739. The molecule has 86 valence electrons. The van der Waals surface area contributed by atoms with E-state index in [-0.39, 0.29) is 11.5 Å². The van der Waals surface area contributed by atoms with Gasteiger partial charge in [-0.05, 0) is 6.92 Å². The molecule has 0 aromatic carbocycles. The van der Waals surface area contributed by atoms with Gasteiger partial charge in [-0.15, -0.1) is 10.2 Å². The normalized spacial score (nSPS) is 13.9. The van der Waals surface area contributed by atoms with Crippen molar-refractivity contribution in [1.82, 2.24) is 10.2 Å². The Balaban J connectivity index is 2.54. The van der Waals surface area contributed by atoms with Gasteiger partial charge in [-0.25, -0.2) is 0 Å². The van der Waals surface area contributed by atoms with Crippen molar-refractivity contribution in [1.29, 1.82) is 0 Å². The largest absolute Gasteiger partial charge is 0.380 e. The molecule has 1 unspecified atom stereocenters. The average molecular weight is 229 g/mol. The Morgan fingerprint density at radius 3 is 2.53 bits per heavy atom. The molecular formula is C10H19N3OS. The van der Waals surface area contributed by atoms with Gasteiger partial charge in [0.25, 0.3) is 0 Å². The molecule has 1 heterocycles. The first-order valence-corrected chi connectivity index (χ1v) is 5.86. The van der Waals surface area contributed by atoms with E-state index in [1.807, 2.05) is 6.92 Å². The van der Waals surface area contributed by atoms with Gasteiger partial charge < -0.3 is 10.1 Å². The molecule has 0 fully saturated rings. The Morgan fingerprint density at radius 1 is 1.40 bits per heavy atom. The van der Waals surface area contributed by atoms with E-state index >= 15 is 0 Å². The minimum Gasteiger partial charge on any atom is -0.380 e. The molecule has 1 aromatic heterocycles. The number of anilines is 1. The van der Waals surface area contributed by atoms with Gasteiger partial charge in [-0.2, -0.15) is 0 Å². The third-order valence-electron chi connectivity index (χ3n) is 2.01. The fourth-order valence-corrected chi connectivity index (χ4v) is 1.72. The highest BCUT2D eigenvalue weighted by molar-refractivity contribution is 7.15. The van der Waals surface area contributed by atoms with Crippen LogP contribution in [0.25, 0.3) is 0 Å². The maximum absolute atomic E-state index is 5.14. The summed E-state index contributed by atoms with van der Waals surface area (Å²) in [5, 5.41) is 13.4. The molecule has 1 rings (SSSR count). The first kappa shape index (κ1) is 12.4. The fourth-order valence-electron chi connectivity index (χ4n) is 0.912. The van der Waals surface area contributed by atoms with Gasteiger partial charge in [0.2, 0.25) is 5.13 Å². The fraction of sp³-hybridized carbons (Fsp3) is 0.800.